The van der Waals surface area contributed by atoms with Gasteiger partial charge in [-0.3, -0.25) is 4.79 Å². The average Bonchev–Trinajstić information content (AvgIpc) is 2.73. The van der Waals surface area contributed by atoms with Crippen molar-refractivity contribution in [2.45, 2.75) is 0 Å². The minimum atomic E-state index is -0.0129. The smallest absolute Gasteiger partial charge is 0.254 e. The van der Waals surface area contributed by atoms with Gasteiger partial charge in [-0.2, -0.15) is 0 Å². The van der Waals surface area contributed by atoms with E-state index in [0.29, 0.717) is 42.4 Å². The number of carbonyl (C=O) groups is 1. The number of pyridine rings is 1. The van der Waals surface area contributed by atoms with E-state index in [4.69, 9.17) is 21.3 Å². The fraction of sp³-hybridized carbons (Fsp3) is 0.238. The van der Waals surface area contributed by atoms with E-state index >= 15 is 0 Å². The minimum absolute atomic E-state index is 0.0129. The van der Waals surface area contributed by atoms with Crippen molar-refractivity contribution in [1.82, 2.24) is 9.88 Å². The predicted octanol–water partition coefficient (Wildman–Crippen LogP) is 4.07. The lowest BCUT2D eigenvalue weighted by Gasteiger charge is -2.27. The number of rotatable bonds is 3. The molecule has 0 atom stereocenters. The van der Waals surface area contributed by atoms with E-state index in [0.717, 1.165) is 22.3 Å². The van der Waals surface area contributed by atoms with Gasteiger partial charge >= 0.3 is 0 Å². The van der Waals surface area contributed by atoms with Gasteiger partial charge in [-0.15, -0.1) is 0 Å². The Hall–Kier alpha value is -2.63. The summed E-state index contributed by atoms with van der Waals surface area (Å²) in [6.45, 7) is 2.31. The number of halogens is 1. The van der Waals surface area contributed by atoms with Crippen molar-refractivity contribution in [3.05, 3.63) is 59.1 Å². The number of benzene rings is 2. The number of hydrogen-bond donors (Lipinski definition) is 1. The van der Waals surface area contributed by atoms with E-state index in [-0.39, 0.29) is 5.91 Å². The first-order chi connectivity index (χ1) is 13.2. The Morgan fingerprint density at radius 2 is 1.89 bits per heavy atom. The van der Waals surface area contributed by atoms with Crippen molar-refractivity contribution in [3.8, 4) is 11.3 Å². The Bertz CT molecular complexity index is 983. The second-order valence-electron chi connectivity index (χ2n) is 6.42. The maximum Gasteiger partial charge on any atom is 0.254 e. The second kappa shape index (κ2) is 7.55. The van der Waals surface area contributed by atoms with Gasteiger partial charge < -0.3 is 15.0 Å². The number of morpholine rings is 1. The Labute approximate surface area is 162 Å². The third-order valence-electron chi connectivity index (χ3n) is 4.79. The third-order valence-corrected chi connectivity index (χ3v) is 5.09. The molecule has 138 valence electrons. The van der Waals surface area contributed by atoms with Crippen LogP contribution < -0.4 is 5.32 Å². The van der Waals surface area contributed by atoms with E-state index < -0.39 is 0 Å². The van der Waals surface area contributed by atoms with Crippen molar-refractivity contribution in [2.24, 2.45) is 0 Å². The summed E-state index contributed by atoms with van der Waals surface area (Å²) in [6.07, 6.45) is 0. The maximum absolute atomic E-state index is 13.2. The molecule has 2 heterocycles. The molecule has 1 N–H and O–H groups in total. The number of aromatic nitrogens is 1. The molecule has 4 rings (SSSR count). The molecule has 1 aromatic heterocycles. The molecule has 1 aliphatic heterocycles. The largest absolute Gasteiger partial charge is 0.388 e. The number of para-hydroxylation sites is 1. The Morgan fingerprint density at radius 3 is 2.59 bits per heavy atom. The summed E-state index contributed by atoms with van der Waals surface area (Å²) in [5, 5.41) is 4.41. The van der Waals surface area contributed by atoms with Crippen LogP contribution in [0.1, 0.15) is 10.4 Å². The zero-order valence-electron chi connectivity index (χ0n) is 15.0. The van der Waals surface area contributed by atoms with Gasteiger partial charge in [0.05, 0.1) is 35.0 Å². The van der Waals surface area contributed by atoms with E-state index in [9.17, 15) is 4.79 Å². The summed E-state index contributed by atoms with van der Waals surface area (Å²) >= 11 is 6.41. The van der Waals surface area contributed by atoms with Gasteiger partial charge in [0.1, 0.15) is 0 Å². The highest BCUT2D eigenvalue weighted by Gasteiger charge is 2.22. The van der Waals surface area contributed by atoms with E-state index in [1.54, 1.807) is 6.07 Å². The van der Waals surface area contributed by atoms with Crippen LogP contribution in [0, 0.1) is 0 Å². The first kappa shape index (κ1) is 17.8. The molecule has 0 radical (unpaired) electrons. The topological polar surface area (TPSA) is 54.5 Å². The molecule has 0 spiro atoms. The number of carbonyl (C=O) groups excluding carboxylic acids is 1. The molecular weight excluding hydrogens is 362 g/mol. The lowest BCUT2D eigenvalue weighted by molar-refractivity contribution is 0.0304. The molecular formula is C21H20ClN3O2. The van der Waals surface area contributed by atoms with Crippen LogP contribution in [0.15, 0.2) is 48.5 Å². The van der Waals surface area contributed by atoms with E-state index in [1.807, 2.05) is 54.4 Å². The van der Waals surface area contributed by atoms with Crippen molar-refractivity contribution < 1.29 is 9.53 Å². The van der Waals surface area contributed by atoms with Crippen molar-refractivity contribution in [1.29, 1.82) is 0 Å². The molecule has 0 bridgehead atoms. The molecule has 0 saturated carbocycles. The van der Waals surface area contributed by atoms with Crippen LogP contribution in [0.5, 0.6) is 0 Å². The van der Waals surface area contributed by atoms with Crippen LogP contribution in [-0.2, 0) is 4.74 Å². The van der Waals surface area contributed by atoms with Gasteiger partial charge in [0.15, 0.2) is 0 Å². The number of hydrogen-bond acceptors (Lipinski definition) is 4. The quantitative estimate of drug-likeness (QED) is 0.743. The van der Waals surface area contributed by atoms with Crippen LogP contribution in [0.2, 0.25) is 5.02 Å². The average molecular weight is 382 g/mol. The Balaban J connectivity index is 1.85. The van der Waals surface area contributed by atoms with Crippen LogP contribution in [0.3, 0.4) is 0 Å². The fourth-order valence-corrected chi connectivity index (χ4v) is 3.50. The SMILES string of the molecule is CNc1ccc(-c2cc(C(=O)N3CCOCC3)c3cccc(Cl)c3n2)cc1. The summed E-state index contributed by atoms with van der Waals surface area (Å²) in [7, 11) is 1.88. The highest BCUT2D eigenvalue weighted by molar-refractivity contribution is 6.35. The lowest BCUT2D eigenvalue weighted by atomic mass is 10.0. The van der Waals surface area contributed by atoms with Gasteiger partial charge in [-0.1, -0.05) is 35.9 Å². The number of ether oxygens (including phenoxy) is 1. The monoisotopic (exact) mass is 381 g/mol. The molecule has 5 nitrogen and oxygen atoms in total. The van der Waals surface area contributed by atoms with E-state index in [1.165, 1.54) is 0 Å². The van der Waals surface area contributed by atoms with Gasteiger partial charge in [0.25, 0.3) is 5.91 Å². The molecule has 1 saturated heterocycles. The number of fused-ring (bicyclic) bond motifs is 1. The van der Waals surface area contributed by atoms with Gasteiger partial charge in [0, 0.05) is 36.8 Å². The molecule has 27 heavy (non-hydrogen) atoms. The first-order valence-corrected chi connectivity index (χ1v) is 9.29. The molecule has 0 unspecified atom stereocenters. The predicted molar refractivity (Wildman–Crippen MR) is 108 cm³/mol. The van der Waals surface area contributed by atoms with Crippen LogP contribution >= 0.6 is 11.6 Å². The number of nitrogens with zero attached hydrogens (tertiary/aromatic N) is 2. The maximum atomic E-state index is 13.2. The molecule has 6 heteroatoms. The Morgan fingerprint density at radius 1 is 1.15 bits per heavy atom. The minimum Gasteiger partial charge on any atom is -0.388 e. The molecule has 1 fully saturated rings. The normalized spacial score (nSPS) is 14.4. The third kappa shape index (κ3) is 3.48. The van der Waals surface area contributed by atoms with Crippen LogP contribution in [0.4, 0.5) is 5.69 Å². The summed E-state index contributed by atoms with van der Waals surface area (Å²) in [6, 6.07) is 15.4. The van der Waals surface area contributed by atoms with Crippen molar-refractivity contribution in [3.63, 3.8) is 0 Å². The highest BCUT2D eigenvalue weighted by Crippen LogP contribution is 2.30. The van der Waals surface area contributed by atoms with Gasteiger partial charge in [-0.05, 0) is 24.3 Å². The highest BCUT2D eigenvalue weighted by atomic mass is 35.5. The first-order valence-electron chi connectivity index (χ1n) is 8.92. The van der Waals surface area contributed by atoms with Gasteiger partial charge in [0.2, 0.25) is 0 Å². The number of anilines is 1. The number of amides is 1. The summed E-state index contributed by atoms with van der Waals surface area (Å²) < 4.78 is 5.37. The van der Waals surface area contributed by atoms with Crippen molar-refractivity contribution in [2.75, 3.05) is 38.7 Å². The van der Waals surface area contributed by atoms with Crippen LogP contribution in [-0.4, -0.2) is 49.1 Å². The molecule has 3 aromatic rings. The summed E-state index contributed by atoms with van der Waals surface area (Å²) in [4.78, 5) is 19.8. The molecule has 2 aromatic carbocycles. The lowest BCUT2D eigenvalue weighted by Crippen LogP contribution is -2.40. The summed E-state index contributed by atoms with van der Waals surface area (Å²) in [5.74, 6) is -0.0129. The molecule has 1 amide bonds. The van der Waals surface area contributed by atoms with Gasteiger partial charge in [-0.25, -0.2) is 4.98 Å². The van der Waals surface area contributed by atoms with Crippen LogP contribution in [0.25, 0.3) is 22.2 Å². The Kier molecular flexibility index (Phi) is 4.97. The molecule has 1 aliphatic rings. The zero-order valence-corrected chi connectivity index (χ0v) is 15.8. The fourth-order valence-electron chi connectivity index (χ4n) is 3.28. The number of nitrogens with one attached hydrogen (secondary N) is 1. The van der Waals surface area contributed by atoms with E-state index in [2.05, 4.69) is 5.32 Å². The van der Waals surface area contributed by atoms with Crippen molar-refractivity contribution >= 4 is 34.1 Å². The summed E-state index contributed by atoms with van der Waals surface area (Å²) in [5.41, 5.74) is 3.95. The second-order valence-corrected chi connectivity index (χ2v) is 6.83. The molecule has 0 aliphatic carbocycles. The zero-order chi connectivity index (χ0) is 18.8. The standard InChI is InChI=1S/C21H20ClN3O2/c1-23-15-7-5-14(6-8-15)19-13-17(21(26)25-9-11-27-12-10-25)16-3-2-4-18(22)20(16)24-19/h2-8,13,23H,9-12H2,1H3.